The predicted molar refractivity (Wildman–Crippen MR) is 105 cm³/mol. The van der Waals surface area contributed by atoms with Gasteiger partial charge in [0.05, 0.1) is 36.6 Å². The Hall–Kier alpha value is -2.85. The van der Waals surface area contributed by atoms with Gasteiger partial charge < -0.3 is 15.0 Å². The van der Waals surface area contributed by atoms with E-state index in [0.717, 1.165) is 34.2 Å². The maximum Gasteiger partial charge on any atom is 0.244 e. The molecular formula is C18H19N7O2S. The summed E-state index contributed by atoms with van der Waals surface area (Å²) in [6, 6.07) is 0.138. The van der Waals surface area contributed by atoms with Crippen molar-refractivity contribution in [1.29, 1.82) is 0 Å². The molecule has 1 unspecified atom stereocenters. The molecule has 1 fully saturated rings. The fourth-order valence-electron chi connectivity index (χ4n) is 3.71. The minimum absolute atomic E-state index is 0.0521. The number of carbonyl (C=O) groups excluding carboxylic acids is 1. The lowest BCUT2D eigenvalue weighted by Gasteiger charge is -2.34. The average Bonchev–Trinajstić information content (AvgIpc) is 3.43. The summed E-state index contributed by atoms with van der Waals surface area (Å²) in [4.78, 5) is 28.2. The number of hydrogen-bond acceptors (Lipinski definition) is 8. The lowest BCUT2D eigenvalue weighted by molar-refractivity contribution is -0.115. The summed E-state index contributed by atoms with van der Waals surface area (Å²) in [5.74, 6) is 1.27. The highest BCUT2D eigenvalue weighted by molar-refractivity contribution is 7.13. The third-order valence-electron chi connectivity index (χ3n) is 5.08. The number of aryl methyl sites for hydroxylation is 2. The molecule has 0 aliphatic carbocycles. The summed E-state index contributed by atoms with van der Waals surface area (Å²) < 4.78 is 7.33. The summed E-state index contributed by atoms with van der Waals surface area (Å²) in [6.45, 7) is 3.45. The first kappa shape index (κ1) is 17.3. The highest BCUT2D eigenvalue weighted by Gasteiger charge is 2.33. The molecule has 0 radical (unpaired) electrons. The van der Waals surface area contributed by atoms with Crippen LogP contribution in [0.5, 0.6) is 0 Å². The van der Waals surface area contributed by atoms with Gasteiger partial charge in [-0.05, 0) is 13.3 Å². The van der Waals surface area contributed by atoms with Crippen LogP contribution in [-0.2, 0) is 16.6 Å². The van der Waals surface area contributed by atoms with Crippen molar-refractivity contribution in [3.63, 3.8) is 0 Å². The van der Waals surface area contributed by atoms with Crippen molar-refractivity contribution in [1.82, 2.24) is 24.7 Å². The fraction of sp³-hybridized carbons (Fsp3) is 0.389. The van der Waals surface area contributed by atoms with Gasteiger partial charge in [-0.25, -0.2) is 15.0 Å². The van der Waals surface area contributed by atoms with Crippen molar-refractivity contribution in [2.24, 2.45) is 7.05 Å². The van der Waals surface area contributed by atoms with Gasteiger partial charge >= 0.3 is 0 Å². The van der Waals surface area contributed by atoms with Crippen LogP contribution < -0.4 is 10.2 Å². The molecule has 0 aromatic carbocycles. The third-order valence-corrected chi connectivity index (χ3v) is 5.86. The summed E-state index contributed by atoms with van der Waals surface area (Å²) in [7, 11) is 1.88. The second kappa shape index (κ2) is 6.64. The third kappa shape index (κ3) is 2.76. The molecule has 2 aliphatic heterocycles. The van der Waals surface area contributed by atoms with Crippen LogP contribution in [-0.4, -0.2) is 56.4 Å². The number of thiazole rings is 1. The van der Waals surface area contributed by atoms with E-state index in [0.29, 0.717) is 24.7 Å². The molecule has 1 saturated heterocycles. The minimum Gasteiger partial charge on any atom is -0.379 e. The van der Waals surface area contributed by atoms with Crippen molar-refractivity contribution in [2.45, 2.75) is 19.4 Å². The molecule has 1 atom stereocenters. The molecule has 3 aromatic heterocycles. The van der Waals surface area contributed by atoms with Gasteiger partial charge in [-0.1, -0.05) is 0 Å². The normalized spacial score (nSPS) is 19.0. The minimum atomic E-state index is -0.0521. The van der Waals surface area contributed by atoms with Crippen LogP contribution in [0.2, 0.25) is 0 Å². The van der Waals surface area contributed by atoms with Crippen molar-refractivity contribution in [3.8, 4) is 22.1 Å². The van der Waals surface area contributed by atoms with Crippen LogP contribution in [0.25, 0.3) is 22.1 Å². The van der Waals surface area contributed by atoms with Gasteiger partial charge in [0.25, 0.3) is 0 Å². The van der Waals surface area contributed by atoms with Crippen LogP contribution in [0.4, 0.5) is 11.5 Å². The Morgan fingerprint density at radius 2 is 2.25 bits per heavy atom. The SMILES string of the molecule is Cc1nc(-c2cnn(C)c2-c2nccs2)nc2c1NC(=O)CN2C1CCOC1. The van der Waals surface area contributed by atoms with Gasteiger partial charge in [0, 0.05) is 25.2 Å². The Bertz CT molecular complexity index is 1040. The zero-order valence-electron chi connectivity index (χ0n) is 15.5. The molecule has 5 rings (SSSR count). The van der Waals surface area contributed by atoms with E-state index in [-0.39, 0.29) is 18.5 Å². The molecule has 0 spiro atoms. The molecule has 0 saturated carbocycles. The first-order chi connectivity index (χ1) is 13.6. The Kier molecular flexibility index (Phi) is 4.09. The Labute approximate surface area is 165 Å². The van der Waals surface area contributed by atoms with E-state index in [1.807, 2.05) is 24.3 Å². The fourth-order valence-corrected chi connectivity index (χ4v) is 4.43. The maximum absolute atomic E-state index is 12.2. The van der Waals surface area contributed by atoms with Gasteiger partial charge in [0.2, 0.25) is 5.91 Å². The summed E-state index contributed by atoms with van der Waals surface area (Å²) in [6.07, 6.45) is 4.41. The average molecular weight is 397 g/mol. The topological polar surface area (TPSA) is 98.1 Å². The number of nitrogens with one attached hydrogen (secondary N) is 1. The van der Waals surface area contributed by atoms with Gasteiger partial charge in [-0.15, -0.1) is 11.3 Å². The molecule has 5 heterocycles. The molecule has 2 aliphatic rings. The monoisotopic (exact) mass is 397 g/mol. The molecule has 1 N–H and O–H groups in total. The number of ether oxygens (including phenoxy) is 1. The van der Waals surface area contributed by atoms with E-state index in [1.54, 1.807) is 28.4 Å². The lowest BCUT2D eigenvalue weighted by Crippen LogP contribution is -2.46. The highest BCUT2D eigenvalue weighted by atomic mass is 32.1. The summed E-state index contributed by atoms with van der Waals surface area (Å²) in [5.41, 5.74) is 3.10. The highest BCUT2D eigenvalue weighted by Crippen LogP contribution is 2.37. The molecule has 0 bridgehead atoms. The molecule has 3 aromatic rings. The molecule has 1 amide bonds. The Morgan fingerprint density at radius 3 is 3.00 bits per heavy atom. The number of amides is 1. The van der Waals surface area contributed by atoms with E-state index >= 15 is 0 Å². The number of nitrogens with zero attached hydrogens (tertiary/aromatic N) is 6. The number of anilines is 2. The Morgan fingerprint density at radius 1 is 1.36 bits per heavy atom. The van der Waals surface area contributed by atoms with E-state index in [9.17, 15) is 4.79 Å². The number of aromatic nitrogens is 5. The summed E-state index contributed by atoms with van der Waals surface area (Å²) in [5, 5.41) is 10.1. The van der Waals surface area contributed by atoms with Crippen LogP contribution >= 0.6 is 11.3 Å². The predicted octanol–water partition coefficient (Wildman–Crippen LogP) is 1.86. The largest absolute Gasteiger partial charge is 0.379 e. The zero-order chi connectivity index (χ0) is 19.3. The van der Waals surface area contributed by atoms with Crippen molar-refractivity contribution in [2.75, 3.05) is 30.0 Å². The van der Waals surface area contributed by atoms with E-state index in [1.165, 1.54) is 0 Å². The smallest absolute Gasteiger partial charge is 0.244 e. The molecular weight excluding hydrogens is 378 g/mol. The van der Waals surface area contributed by atoms with E-state index in [4.69, 9.17) is 9.72 Å². The second-order valence-electron chi connectivity index (χ2n) is 6.89. The van der Waals surface area contributed by atoms with Crippen LogP contribution in [0.15, 0.2) is 17.8 Å². The molecule has 28 heavy (non-hydrogen) atoms. The Balaban J connectivity index is 1.65. The quantitative estimate of drug-likeness (QED) is 0.720. The van der Waals surface area contributed by atoms with E-state index < -0.39 is 0 Å². The number of fused-ring (bicyclic) bond motifs is 1. The van der Waals surface area contributed by atoms with E-state index in [2.05, 4.69) is 20.4 Å². The first-order valence-corrected chi connectivity index (χ1v) is 9.95. The van der Waals surface area contributed by atoms with Gasteiger partial charge in [0.15, 0.2) is 11.6 Å². The van der Waals surface area contributed by atoms with Crippen LogP contribution in [0.1, 0.15) is 12.1 Å². The lowest BCUT2D eigenvalue weighted by atomic mass is 10.1. The van der Waals surface area contributed by atoms with Crippen LogP contribution in [0.3, 0.4) is 0 Å². The van der Waals surface area contributed by atoms with Crippen molar-refractivity contribution < 1.29 is 9.53 Å². The first-order valence-electron chi connectivity index (χ1n) is 9.07. The van der Waals surface area contributed by atoms with Crippen molar-refractivity contribution in [3.05, 3.63) is 23.5 Å². The second-order valence-corrected chi connectivity index (χ2v) is 7.79. The van der Waals surface area contributed by atoms with Gasteiger partial charge in [0.1, 0.15) is 16.4 Å². The van der Waals surface area contributed by atoms with Crippen LogP contribution in [0, 0.1) is 6.92 Å². The van der Waals surface area contributed by atoms with Crippen molar-refractivity contribution >= 4 is 28.7 Å². The molecule has 10 heteroatoms. The van der Waals surface area contributed by atoms with Gasteiger partial charge in [-0.3, -0.25) is 9.48 Å². The molecule has 144 valence electrons. The number of hydrogen-bond donors (Lipinski definition) is 1. The summed E-state index contributed by atoms with van der Waals surface area (Å²) >= 11 is 1.55. The number of carbonyl (C=O) groups is 1. The molecule has 9 nitrogen and oxygen atoms in total. The van der Waals surface area contributed by atoms with Gasteiger partial charge in [-0.2, -0.15) is 5.10 Å². The standard InChI is InChI=1S/C18H19N7O2S/c1-10-14-17(25(8-13(26)22-14)11-3-5-27-9-11)23-16(21-10)12-7-20-24(2)15(12)18-19-4-6-28-18/h4,6-7,11H,3,5,8-9H2,1-2H3,(H,22,26). The maximum atomic E-state index is 12.2. The zero-order valence-corrected chi connectivity index (χ0v) is 16.4. The number of rotatable bonds is 3.